The summed E-state index contributed by atoms with van der Waals surface area (Å²) >= 11 is 0. The van der Waals surface area contributed by atoms with Gasteiger partial charge in [-0.3, -0.25) is 9.59 Å². The minimum Gasteiger partial charge on any atom is -0.462 e. The molecule has 0 aliphatic carbocycles. The van der Waals surface area contributed by atoms with Crippen LogP contribution in [-0.4, -0.2) is 36.4 Å². The lowest BCUT2D eigenvalue weighted by molar-refractivity contribution is -0.161. The van der Waals surface area contributed by atoms with Gasteiger partial charge < -0.3 is 14.6 Å². The zero-order valence-electron chi connectivity index (χ0n) is 41.9. The van der Waals surface area contributed by atoms with Crippen molar-refractivity contribution in [3.05, 3.63) is 158 Å². The Labute approximate surface area is 405 Å². The van der Waals surface area contributed by atoms with Gasteiger partial charge in [0.15, 0.2) is 6.10 Å². The van der Waals surface area contributed by atoms with Crippen molar-refractivity contribution >= 4 is 11.9 Å². The molecule has 0 aliphatic heterocycles. The first-order chi connectivity index (χ1) is 32.6. The number of esters is 2. The maximum absolute atomic E-state index is 12.3. The second-order valence-electron chi connectivity index (χ2n) is 16.5. The lowest BCUT2D eigenvalue weighted by Gasteiger charge is -2.15. The van der Waals surface area contributed by atoms with Crippen LogP contribution < -0.4 is 0 Å². The molecular weight excluding hydrogens is 813 g/mol. The molecule has 0 rings (SSSR count). The van der Waals surface area contributed by atoms with E-state index in [9.17, 15) is 14.7 Å². The molecule has 66 heavy (non-hydrogen) atoms. The van der Waals surface area contributed by atoms with E-state index in [1.54, 1.807) is 0 Å². The van der Waals surface area contributed by atoms with Gasteiger partial charge in [-0.15, -0.1) is 0 Å². The minimum absolute atomic E-state index is 0.0939. The number of hydrogen-bond donors (Lipinski definition) is 1. The molecule has 0 bridgehead atoms. The van der Waals surface area contributed by atoms with Crippen molar-refractivity contribution in [3.8, 4) is 0 Å². The molecular formula is C61H94O5. The second-order valence-corrected chi connectivity index (χ2v) is 16.5. The summed E-state index contributed by atoms with van der Waals surface area (Å²) in [6.45, 7) is 3.87. The van der Waals surface area contributed by atoms with Crippen LogP contribution in [0, 0.1) is 0 Å². The number of allylic oxidation sites excluding steroid dienone is 26. The van der Waals surface area contributed by atoms with E-state index in [1.165, 1.54) is 12.8 Å². The predicted octanol–water partition coefficient (Wildman–Crippen LogP) is 17.6. The van der Waals surface area contributed by atoms with Gasteiger partial charge >= 0.3 is 11.9 Å². The quantitative estimate of drug-likeness (QED) is 0.0374. The van der Waals surface area contributed by atoms with Crippen LogP contribution in [0.4, 0.5) is 0 Å². The molecule has 0 fully saturated rings. The Morgan fingerprint density at radius 2 is 0.606 bits per heavy atom. The Bertz CT molecular complexity index is 1490. The first kappa shape index (κ1) is 61.5. The number of rotatable bonds is 45. The Hall–Kier alpha value is -4.48. The summed E-state index contributed by atoms with van der Waals surface area (Å²) in [7, 11) is 0. The number of unbranched alkanes of at least 4 members (excludes halogenated alkanes) is 11. The summed E-state index contributed by atoms with van der Waals surface area (Å²) in [6, 6.07) is 0. The predicted molar refractivity (Wildman–Crippen MR) is 287 cm³/mol. The maximum atomic E-state index is 12.3. The van der Waals surface area contributed by atoms with E-state index < -0.39 is 6.10 Å². The van der Waals surface area contributed by atoms with Crippen molar-refractivity contribution in [2.75, 3.05) is 13.2 Å². The van der Waals surface area contributed by atoms with Gasteiger partial charge in [0.05, 0.1) is 6.61 Å². The third-order valence-electron chi connectivity index (χ3n) is 10.3. The Balaban J connectivity index is 3.67. The van der Waals surface area contributed by atoms with Crippen LogP contribution in [0.5, 0.6) is 0 Å². The first-order valence-corrected chi connectivity index (χ1v) is 26.0. The van der Waals surface area contributed by atoms with Gasteiger partial charge in [-0.1, -0.05) is 217 Å². The number of carbonyl (C=O) groups excluding carboxylic acids is 2. The molecule has 0 saturated heterocycles. The third-order valence-corrected chi connectivity index (χ3v) is 10.3. The van der Waals surface area contributed by atoms with Gasteiger partial charge in [-0.05, 0) is 122 Å². The van der Waals surface area contributed by atoms with Gasteiger partial charge in [-0.25, -0.2) is 0 Å². The van der Waals surface area contributed by atoms with Crippen molar-refractivity contribution in [2.45, 2.75) is 200 Å². The molecule has 368 valence electrons. The van der Waals surface area contributed by atoms with Crippen molar-refractivity contribution < 1.29 is 24.2 Å². The largest absolute Gasteiger partial charge is 0.462 e. The Kier molecular flexibility index (Phi) is 51.1. The van der Waals surface area contributed by atoms with Gasteiger partial charge in [0.2, 0.25) is 0 Å². The smallest absolute Gasteiger partial charge is 0.306 e. The fourth-order valence-corrected chi connectivity index (χ4v) is 6.48. The molecule has 0 spiro atoms. The lowest BCUT2D eigenvalue weighted by atomic mass is 10.1. The molecule has 0 saturated carbocycles. The second kappa shape index (κ2) is 54.9. The number of hydrogen-bond acceptors (Lipinski definition) is 5. The Morgan fingerprint density at radius 1 is 0.348 bits per heavy atom. The number of aliphatic hydroxyl groups is 1. The molecule has 0 aromatic carbocycles. The summed E-state index contributed by atoms with van der Waals surface area (Å²) in [4.78, 5) is 24.5. The molecule has 0 radical (unpaired) electrons. The van der Waals surface area contributed by atoms with Crippen molar-refractivity contribution in [1.29, 1.82) is 0 Å². The van der Waals surface area contributed by atoms with Crippen LogP contribution in [0.15, 0.2) is 158 Å². The van der Waals surface area contributed by atoms with Crippen LogP contribution in [0.2, 0.25) is 0 Å². The Morgan fingerprint density at radius 3 is 0.909 bits per heavy atom. The van der Waals surface area contributed by atoms with E-state index in [-0.39, 0.29) is 25.2 Å². The van der Waals surface area contributed by atoms with Crippen molar-refractivity contribution in [2.24, 2.45) is 0 Å². The lowest BCUT2D eigenvalue weighted by Crippen LogP contribution is -2.28. The topological polar surface area (TPSA) is 72.8 Å². The molecule has 0 aromatic rings. The van der Waals surface area contributed by atoms with E-state index >= 15 is 0 Å². The zero-order valence-corrected chi connectivity index (χ0v) is 41.9. The highest BCUT2D eigenvalue weighted by atomic mass is 16.6. The summed E-state index contributed by atoms with van der Waals surface area (Å²) in [5, 5.41) is 9.63. The van der Waals surface area contributed by atoms with E-state index in [0.29, 0.717) is 12.8 Å². The standard InChI is InChI=1S/C61H94O5/c1-3-5-7-9-11-13-15-17-19-21-23-25-26-27-28-29-30-31-32-33-34-36-38-40-42-44-46-48-50-52-54-56-61(64)66-59(57-62)58-65-60(63)55-53-51-49-47-45-43-41-39-37-35-24-22-20-18-16-14-12-10-8-6-4-2/h5-8,11-14,17-20,23-25,27-28,30-31,33-35,38-41,59,62H,3-4,9-10,15-16,21-22,26,29,32,36-37,42-58H2,1-2H3/b7-5-,8-6-,13-11-,14-12-,19-17-,20-18-,25-23-,28-27-,31-30-,34-33-,35-24-,40-38-,41-39-. The summed E-state index contributed by atoms with van der Waals surface area (Å²) in [6.07, 6.45) is 84.7. The van der Waals surface area contributed by atoms with Gasteiger partial charge in [0.25, 0.3) is 0 Å². The number of carbonyl (C=O) groups is 2. The summed E-state index contributed by atoms with van der Waals surface area (Å²) in [5.74, 6) is -0.644. The molecule has 0 amide bonds. The van der Waals surface area contributed by atoms with E-state index in [1.807, 2.05) is 0 Å². The molecule has 5 nitrogen and oxygen atoms in total. The molecule has 1 N–H and O–H groups in total. The molecule has 1 unspecified atom stereocenters. The van der Waals surface area contributed by atoms with Crippen molar-refractivity contribution in [1.82, 2.24) is 0 Å². The average Bonchev–Trinajstić information content (AvgIpc) is 3.32. The molecule has 0 aromatic heterocycles. The highest BCUT2D eigenvalue weighted by Gasteiger charge is 2.16. The van der Waals surface area contributed by atoms with Gasteiger partial charge in [0, 0.05) is 12.8 Å². The average molecular weight is 907 g/mol. The van der Waals surface area contributed by atoms with Crippen LogP contribution in [0.3, 0.4) is 0 Å². The third kappa shape index (κ3) is 52.1. The highest BCUT2D eigenvalue weighted by molar-refractivity contribution is 5.70. The fourth-order valence-electron chi connectivity index (χ4n) is 6.48. The summed E-state index contributed by atoms with van der Waals surface area (Å²) < 4.78 is 10.7. The van der Waals surface area contributed by atoms with Gasteiger partial charge in [0.1, 0.15) is 6.61 Å². The van der Waals surface area contributed by atoms with Crippen molar-refractivity contribution in [3.63, 3.8) is 0 Å². The molecule has 5 heteroatoms. The van der Waals surface area contributed by atoms with Crippen LogP contribution in [0.1, 0.15) is 194 Å². The highest BCUT2D eigenvalue weighted by Crippen LogP contribution is 2.12. The van der Waals surface area contributed by atoms with Crippen LogP contribution >= 0.6 is 0 Å². The zero-order chi connectivity index (χ0) is 47.7. The number of aliphatic hydroxyl groups excluding tert-OH is 1. The normalized spacial score (nSPS) is 13.6. The maximum Gasteiger partial charge on any atom is 0.306 e. The SMILES string of the molecule is CC/C=C\C/C=C\C/C=C\C/C=C\C/C=C\C/C=C\C/C=C\C/C=C\CCCCCCCCC(=O)OC(CO)COC(=O)CCCCCCC/C=C\C/C=C\C/C=C\C/C=C\C/C=C\CC. The summed E-state index contributed by atoms with van der Waals surface area (Å²) in [5.41, 5.74) is 0. The number of ether oxygens (including phenoxy) is 2. The first-order valence-electron chi connectivity index (χ1n) is 26.0. The molecule has 1 atom stereocenters. The fraction of sp³-hybridized carbons (Fsp3) is 0.541. The van der Waals surface area contributed by atoms with E-state index in [2.05, 4.69) is 172 Å². The molecule has 0 heterocycles. The van der Waals surface area contributed by atoms with E-state index in [4.69, 9.17) is 9.47 Å². The van der Waals surface area contributed by atoms with Crippen LogP contribution in [-0.2, 0) is 19.1 Å². The van der Waals surface area contributed by atoms with Gasteiger partial charge in [-0.2, -0.15) is 0 Å². The van der Waals surface area contributed by atoms with Crippen LogP contribution in [0.25, 0.3) is 0 Å². The minimum atomic E-state index is -0.802. The van der Waals surface area contributed by atoms with E-state index in [0.717, 1.165) is 154 Å². The molecule has 0 aliphatic rings. The monoisotopic (exact) mass is 907 g/mol.